The van der Waals surface area contributed by atoms with E-state index in [9.17, 15) is 9.59 Å². The highest BCUT2D eigenvalue weighted by Crippen LogP contribution is 2.37. The molecule has 0 radical (unpaired) electrons. The van der Waals surface area contributed by atoms with Crippen LogP contribution in [0.5, 0.6) is 0 Å². The zero-order valence-electron chi connectivity index (χ0n) is 15.4. The maximum Gasteiger partial charge on any atom is 0.309 e. The molecule has 2 atom stereocenters. The van der Waals surface area contributed by atoms with Crippen LogP contribution in [-0.2, 0) is 9.59 Å². The minimum absolute atomic E-state index is 0.128. The number of hydrogen-bond donors (Lipinski definition) is 2. The molecule has 5 heterocycles. The lowest BCUT2D eigenvalue weighted by atomic mass is 10.1. The van der Waals surface area contributed by atoms with E-state index in [0.717, 1.165) is 27.2 Å². The summed E-state index contributed by atoms with van der Waals surface area (Å²) in [6, 6.07) is 3.55. The Bertz CT molecular complexity index is 1090. The molecule has 142 valence electrons. The maximum absolute atomic E-state index is 11.7. The SMILES string of the molecule is Cc1sc2nc(-c3cccnc3)nc(N3C[C@@H]4NC(=O)C(=O)N[C@@H]4C3)c2c1C. The van der Waals surface area contributed by atoms with Crippen molar-refractivity contribution in [2.45, 2.75) is 25.9 Å². The molecule has 2 saturated heterocycles. The summed E-state index contributed by atoms with van der Waals surface area (Å²) in [5, 5.41) is 6.63. The number of anilines is 1. The van der Waals surface area contributed by atoms with Crippen LogP contribution in [0.25, 0.3) is 21.6 Å². The predicted molar refractivity (Wildman–Crippen MR) is 106 cm³/mol. The van der Waals surface area contributed by atoms with E-state index in [1.54, 1.807) is 23.7 Å². The highest BCUT2D eigenvalue weighted by atomic mass is 32.1. The number of rotatable bonds is 2. The van der Waals surface area contributed by atoms with Crippen molar-refractivity contribution in [3.05, 3.63) is 35.0 Å². The van der Waals surface area contributed by atoms with Crippen LogP contribution < -0.4 is 15.5 Å². The molecule has 8 nitrogen and oxygen atoms in total. The van der Waals surface area contributed by atoms with Gasteiger partial charge in [-0.15, -0.1) is 11.3 Å². The highest BCUT2D eigenvalue weighted by Gasteiger charge is 2.41. The van der Waals surface area contributed by atoms with Gasteiger partial charge >= 0.3 is 11.8 Å². The third-order valence-corrected chi connectivity index (χ3v) is 6.49. The zero-order valence-corrected chi connectivity index (χ0v) is 16.2. The summed E-state index contributed by atoms with van der Waals surface area (Å²) in [7, 11) is 0. The van der Waals surface area contributed by atoms with Gasteiger partial charge in [0.2, 0.25) is 0 Å². The molecule has 0 bridgehead atoms. The van der Waals surface area contributed by atoms with Gasteiger partial charge in [-0.25, -0.2) is 9.97 Å². The van der Waals surface area contributed by atoms with E-state index < -0.39 is 11.8 Å². The lowest BCUT2D eigenvalue weighted by Crippen LogP contribution is -2.61. The standard InChI is InChI=1S/C19H18N6O2S/c1-9-10(2)28-19-14(9)16(23-15(24-19)11-4-3-5-20-6-11)25-7-12-13(8-25)22-18(27)17(26)21-12/h3-6,12-13H,7-8H2,1-2H3,(H,21,26)(H,22,27)/t12-,13+. The fourth-order valence-corrected chi connectivity index (χ4v) is 4.84. The highest BCUT2D eigenvalue weighted by molar-refractivity contribution is 7.18. The normalized spacial score (nSPS) is 21.6. The van der Waals surface area contributed by atoms with Gasteiger partial charge < -0.3 is 15.5 Å². The molecule has 0 saturated carbocycles. The molecule has 0 aliphatic carbocycles. The lowest BCUT2D eigenvalue weighted by Gasteiger charge is -2.25. The van der Waals surface area contributed by atoms with Crippen molar-refractivity contribution in [3.8, 4) is 11.4 Å². The number of carbonyl (C=O) groups is 2. The van der Waals surface area contributed by atoms with E-state index in [1.165, 1.54) is 4.88 Å². The molecule has 2 amide bonds. The van der Waals surface area contributed by atoms with Crippen LogP contribution >= 0.6 is 11.3 Å². The van der Waals surface area contributed by atoms with Crippen LogP contribution in [0.15, 0.2) is 24.5 Å². The Kier molecular flexibility index (Phi) is 3.80. The number of nitrogens with zero attached hydrogens (tertiary/aromatic N) is 4. The molecule has 2 N–H and O–H groups in total. The van der Waals surface area contributed by atoms with Crippen molar-refractivity contribution >= 4 is 39.2 Å². The molecule has 0 unspecified atom stereocenters. The fourth-order valence-electron chi connectivity index (χ4n) is 3.82. The Morgan fingerprint density at radius 3 is 2.46 bits per heavy atom. The van der Waals surface area contributed by atoms with Gasteiger partial charge in [-0.2, -0.15) is 0 Å². The fraction of sp³-hybridized carbons (Fsp3) is 0.316. The molecule has 2 fully saturated rings. The van der Waals surface area contributed by atoms with Crippen LogP contribution in [0.2, 0.25) is 0 Å². The third-order valence-electron chi connectivity index (χ3n) is 5.39. The van der Waals surface area contributed by atoms with Gasteiger partial charge in [-0.1, -0.05) is 0 Å². The van der Waals surface area contributed by atoms with E-state index in [-0.39, 0.29) is 12.1 Å². The smallest absolute Gasteiger partial charge is 0.309 e. The molecule has 3 aromatic rings. The predicted octanol–water partition coefficient (Wildman–Crippen LogP) is 1.17. The number of hydrogen-bond acceptors (Lipinski definition) is 7. The van der Waals surface area contributed by atoms with Gasteiger partial charge in [-0.05, 0) is 31.5 Å². The topological polar surface area (TPSA) is 100 Å². The second-order valence-electron chi connectivity index (χ2n) is 7.14. The average Bonchev–Trinajstić information content (AvgIpc) is 3.22. The number of carbonyl (C=O) groups excluding carboxylic acids is 2. The van der Waals surface area contributed by atoms with Gasteiger partial charge in [0.05, 0.1) is 17.5 Å². The number of piperazine rings is 1. The molecule has 28 heavy (non-hydrogen) atoms. The van der Waals surface area contributed by atoms with E-state index in [2.05, 4.69) is 34.4 Å². The number of amides is 2. The quantitative estimate of drug-likeness (QED) is 0.633. The van der Waals surface area contributed by atoms with Crippen LogP contribution in [0.1, 0.15) is 10.4 Å². The third kappa shape index (κ3) is 2.62. The van der Waals surface area contributed by atoms with Crippen molar-refractivity contribution in [1.29, 1.82) is 0 Å². The molecular weight excluding hydrogens is 376 g/mol. The van der Waals surface area contributed by atoms with Crippen molar-refractivity contribution in [2.75, 3.05) is 18.0 Å². The number of nitrogens with one attached hydrogen (secondary N) is 2. The molecule has 0 spiro atoms. The summed E-state index contributed by atoms with van der Waals surface area (Å²) >= 11 is 1.65. The Morgan fingerprint density at radius 1 is 1.11 bits per heavy atom. The Labute approximate surface area is 165 Å². The molecule has 2 aliphatic rings. The Balaban J connectivity index is 1.62. The maximum atomic E-state index is 11.7. The van der Waals surface area contributed by atoms with E-state index in [4.69, 9.17) is 9.97 Å². The van der Waals surface area contributed by atoms with Gasteiger partial charge in [-0.3, -0.25) is 14.6 Å². The summed E-state index contributed by atoms with van der Waals surface area (Å²) in [6.45, 7) is 5.34. The summed E-state index contributed by atoms with van der Waals surface area (Å²) in [4.78, 5) is 41.5. The largest absolute Gasteiger partial charge is 0.352 e. The number of pyridine rings is 1. The van der Waals surface area contributed by atoms with Crippen LogP contribution in [0.3, 0.4) is 0 Å². The van der Waals surface area contributed by atoms with Crippen LogP contribution in [0, 0.1) is 13.8 Å². The molecule has 2 aliphatic heterocycles. The van der Waals surface area contributed by atoms with E-state index in [1.807, 2.05) is 12.1 Å². The average molecular weight is 394 g/mol. The van der Waals surface area contributed by atoms with Crippen LogP contribution in [-0.4, -0.2) is 51.9 Å². The first kappa shape index (κ1) is 17.1. The number of aryl methyl sites for hydroxylation is 2. The first-order valence-electron chi connectivity index (χ1n) is 9.05. The molecule has 3 aromatic heterocycles. The summed E-state index contributed by atoms with van der Waals surface area (Å²) in [5.74, 6) is 0.312. The van der Waals surface area contributed by atoms with Gasteiger partial charge in [0.1, 0.15) is 10.6 Å². The zero-order chi connectivity index (χ0) is 19.4. The summed E-state index contributed by atoms with van der Waals surface area (Å²) in [5.41, 5.74) is 2.02. The Hall–Kier alpha value is -3.07. The van der Waals surface area contributed by atoms with Crippen molar-refractivity contribution in [1.82, 2.24) is 25.6 Å². The van der Waals surface area contributed by atoms with Gasteiger partial charge in [0, 0.05) is 35.9 Å². The second kappa shape index (κ2) is 6.23. The first-order chi connectivity index (χ1) is 13.5. The minimum atomic E-state index is -0.574. The molecule has 5 rings (SSSR count). The number of fused-ring (bicyclic) bond motifs is 2. The molecule has 9 heteroatoms. The minimum Gasteiger partial charge on any atom is -0.352 e. The first-order valence-corrected chi connectivity index (χ1v) is 9.87. The van der Waals surface area contributed by atoms with E-state index in [0.29, 0.717) is 18.9 Å². The van der Waals surface area contributed by atoms with E-state index >= 15 is 0 Å². The molecule has 0 aromatic carbocycles. The van der Waals surface area contributed by atoms with Crippen molar-refractivity contribution in [3.63, 3.8) is 0 Å². The van der Waals surface area contributed by atoms with Crippen molar-refractivity contribution < 1.29 is 9.59 Å². The van der Waals surface area contributed by atoms with Crippen LogP contribution in [0.4, 0.5) is 5.82 Å². The Morgan fingerprint density at radius 2 is 1.82 bits per heavy atom. The monoisotopic (exact) mass is 394 g/mol. The van der Waals surface area contributed by atoms with Gasteiger partial charge in [0.15, 0.2) is 5.82 Å². The summed E-state index contributed by atoms with van der Waals surface area (Å²) < 4.78 is 0. The van der Waals surface area contributed by atoms with Crippen molar-refractivity contribution in [2.24, 2.45) is 0 Å². The summed E-state index contributed by atoms with van der Waals surface area (Å²) in [6.07, 6.45) is 3.47. The second-order valence-corrected chi connectivity index (χ2v) is 8.34. The van der Waals surface area contributed by atoms with Gasteiger partial charge in [0.25, 0.3) is 0 Å². The molecular formula is C19H18N6O2S. The number of aromatic nitrogens is 3. The lowest BCUT2D eigenvalue weighted by molar-refractivity contribution is -0.142. The number of thiophene rings is 1.